The molecule has 4 atom stereocenters. The van der Waals surface area contributed by atoms with E-state index >= 15 is 0 Å². The molecule has 0 bridgehead atoms. The van der Waals surface area contributed by atoms with Crippen LogP contribution in [-0.2, 0) is 26.0 Å². The maximum atomic E-state index is 12.4. The summed E-state index contributed by atoms with van der Waals surface area (Å²) in [7, 11) is -3.36. The fourth-order valence-corrected chi connectivity index (χ4v) is 4.68. The van der Waals surface area contributed by atoms with Crippen LogP contribution in [0, 0.1) is 5.92 Å². The van der Waals surface area contributed by atoms with Crippen LogP contribution in [0.5, 0.6) is 0 Å². The number of sulfonamides is 1. The number of benzene rings is 1. The number of nitrogens with one attached hydrogen (secondary N) is 3. The summed E-state index contributed by atoms with van der Waals surface area (Å²) in [6.07, 6.45) is 2.60. The lowest BCUT2D eigenvalue weighted by Gasteiger charge is -2.47. The second kappa shape index (κ2) is 6.64. The number of nitrogens with zero attached hydrogens (tertiary/aromatic N) is 1. The molecule has 9 heteroatoms. The van der Waals surface area contributed by atoms with E-state index in [0.717, 1.165) is 29.5 Å². The van der Waals surface area contributed by atoms with Crippen LogP contribution < -0.4 is 10.0 Å². The van der Waals surface area contributed by atoms with Gasteiger partial charge in [-0.3, -0.25) is 4.79 Å². The lowest BCUT2D eigenvalue weighted by molar-refractivity contribution is -0.125. The fourth-order valence-electron chi connectivity index (χ4n) is 3.91. The van der Waals surface area contributed by atoms with E-state index in [4.69, 9.17) is 4.74 Å². The van der Waals surface area contributed by atoms with Crippen molar-refractivity contribution in [2.75, 3.05) is 12.9 Å². The summed E-state index contributed by atoms with van der Waals surface area (Å²) in [5.41, 5.74) is 1.83. The molecule has 0 unspecified atom stereocenters. The minimum Gasteiger partial charge on any atom is -0.376 e. The van der Waals surface area contributed by atoms with Crippen molar-refractivity contribution in [2.45, 2.75) is 37.5 Å². The highest BCUT2D eigenvalue weighted by atomic mass is 32.2. The van der Waals surface area contributed by atoms with Crippen molar-refractivity contribution >= 4 is 27.0 Å². The Morgan fingerprint density at radius 3 is 2.92 bits per heavy atom. The third-order valence-electron chi connectivity index (χ3n) is 5.09. The zero-order chi connectivity index (χ0) is 18.3. The third-order valence-corrected chi connectivity index (χ3v) is 5.79. The summed E-state index contributed by atoms with van der Waals surface area (Å²) < 4.78 is 31.3. The summed E-state index contributed by atoms with van der Waals surface area (Å²) in [5, 5.41) is 2.98. The normalized spacial score (nSPS) is 27.9. The molecule has 1 saturated heterocycles. The van der Waals surface area contributed by atoms with Crippen LogP contribution in [0.2, 0.25) is 0 Å². The molecule has 1 aromatic carbocycles. The molecule has 4 rings (SSSR count). The number of H-pyrrole nitrogens is 1. The first kappa shape index (κ1) is 17.4. The monoisotopic (exact) mass is 378 g/mol. The van der Waals surface area contributed by atoms with Crippen LogP contribution in [0.25, 0.3) is 11.0 Å². The molecule has 2 aliphatic rings. The lowest BCUT2D eigenvalue weighted by atomic mass is 9.72. The first-order valence-corrected chi connectivity index (χ1v) is 10.6. The highest BCUT2D eigenvalue weighted by Crippen LogP contribution is 2.39. The fraction of sp³-hybridized carbons (Fsp3) is 0.529. The number of hydrogen-bond acceptors (Lipinski definition) is 5. The summed E-state index contributed by atoms with van der Waals surface area (Å²) in [6, 6.07) is 7.11. The van der Waals surface area contributed by atoms with Gasteiger partial charge in [0.1, 0.15) is 5.82 Å². The van der Waals surface area contributed by atoms with Crippen molar-refractivity contribution in [2.24, 2.45) is 5.92 Å². The molecule has 1 aliphatic carbocycles. The zero-order valence-electron chi connectivity index (χ0n) is 14.4. The SMILES string of the molecule is CS(=O)(=O)N[C@@H]1[C@@H](NC(=O)CCc2nc3ccccc3[nH]2)[C@H]2CCO[C@H]21. The summed E-state index contributed by atoms with van der Waals surface area (Å²) >= 11 is 0. The Hall–Kier alpha value is -1.97. The Labute approximate surface area is 151 Å². The highest BCUT2D eigenvalue weighted by Gasteiger charge is 2.55. The van der Waals surface area contributed by atoms with Gasteiger partial charge in [0.2, 0.25) is 15.9 Å². The molecular formula is C17H22N4O4S. The predicted octanol–water partition coefficient (Wildman–Crippen LogP) is 0.317. The molecule has 3 N–H and O–H groups in total. The van der Waals surface area contributed by atoms with Gasteiger partial charge in [0.25, 0.3) is 0 Å². The Balaban J connectivity index is 1.36. The van der Waals surface area contributed by atoms with Gasteiger partial charge < -0.3 is 15.0 Å². The van der Waals surface area contributed by atoms with Gasteiger partial charge in [-0.15, -0.1) is 0 Å². The van der Waals surface area contributed by atoms with Crippen LogP contribution in [0.1, 0.15) is 18.7 Å². The van der Waals surface area contributed by atoms with Gasteiger partial charge in [0.15, 0.2) is 0 Å². The number of ether oxygens (including phenoxy) is 1. The molecule has 1 aromatic heterocycles. The first-order valence-electron chi connectivity index (χ1n) is 8.72. The van der Waals surface area contributed by atoms with E-state index in [2.05, 4.69) is 20.0 Å². The molecular weight excluding hydrogens is 356 g/mol. The topological polar surface area (TPSA) is 113 Å². The van der Waals surface area contributed by atoms with E-state index in [1.807, 2.05) is 24.3 Å². The number of imidazole rings is 1. The predicted molar refractivity (Wildman–Crippen MR) is 96.0 cm³/mol. The minimum absolute atomic E-state index is 0.110. The average molecular weight is 378 g/mol. The number of aryl methyl sites for hydroxylation is 1. The maximum absolute atomic E-state index is 12.4. The second-order valence-electron chi connectivity index (χ2n) is 7.00. The van der Waals surface area contributed by atoms with E-state index in [1.54, 1.807) is 0 Å². The molecule has 26 heavy (non-hydrogen) atoms. The lowest BCUT2D eigenvalue weighted by Crippen LogP contribution is -2.70. The van der Waals surface area contributed by atoms with E-state index in [0.29, 0.717) is 19.4 Å². The molecule has 1 aliphatic heterocycles. The second-order valence-corrected chi connectivity index (χ2v) is 8.78. The number of carbonyl (C=O) groups excluding carboxylic acids is 1. The number of aromatic nitrogens is 2. The van der Waals surface area contributed by atoms with Gasteiger partial charge in [-0.25, -0.2) is 18.1 Å². The van der Waals surface area contributed by atoms with Gasteiger partial charge in [0.05, 0.1) is 35.5 Å². The Morgan fingerprint density at radius 1 is 1.35 bits per heavy atom. The van der Waals surface area contributed by atoms with Crippen LogP contribution in [0.15, 0.2) is 24.3 Å². The van der Waals surface area contributed by atoms with Gasteiger partial charge in [-0.05, 0) is 18.6 Å². The number of hydrogen-bond donors (Lipinski definition) is 3. The summed E-state index contributed by atoms with van der Waals surface area (Å²) in [5.74, 6) is 0.827. The van der Waals surface area contributed by atoms with Gasteiger partial charge in [0, 0.05) is 25.4 Å². The molecule has 0 radical (unpaired) electrons. The number of aromatic amines is 1. The van der Waals surface area contributed by atoms with Gasteiger partial charge >= 0.3 is 0 Å². The van der Waals surface area contributed by atoms with E-state index in [1.165, 1.54) is 0 Å². The molecule has 0 spiro atoms. The largest absolute Gasteiger partial charge is 0.376 e. The third kappa shape index (κ3) is 3.46. The van der Waals surface area contributed by atoms with Gasteiger partial charge in [-0.1, -0.05) is 12.1 Å². The van der Waals surface area contributed by atoms with Crippen LogP contribution in [0.3, 0.4) is 0 Å². The van der Waals surface area contributed by atoms with Crippen molar-refractivity contribution in [3.8, 4) is 0 Å². The standard InChI is InChI=1S/C17H22N4O4S/c1-26(23,24)21-16-15(10-8-9-25-17(10)16)20-14(22)7-6-13-18-11-4-2-3-5-12(11)19-13/h2-5,10,15-17,21H,6-9H2,1H3,(H,18,19)(H,20,22)/t10-,15+,16-,17-/m1/s1. The number of para-hydroxylation sites is 2. The Bertz CT molecular complexity index is 893. The molecule has 1 amide bonds. The quantitative estimate of drug-likeness (QED) is 0.670. The van der Waals surface area contributed by atoms with Crippen LogP contribution in [-0.4, -0.2) is 55.3 Å². The number of carbonyl (C=O) groups is 1. The highest BCUT2D eigenvalue weighted by molar-refractivity contribution is 7.88. The van der Waals surface area contributed by atoms with Crippen molar-refractivity contribution in [1.82, 2.24) is 20.0 Å². The average Bonchev–Trinajstić information content (AvgIpc) is 3.19. The zero-order valence-corrected chi connectivity index (χ0v) is 15.3. The van der Waals surface area contributed by atoms with Gasteiger partial charge in [-0.2, -0.15) is 0 Å². The molecule has 2 aromatic rings. The Kier molecular flexibility index (Phi) is 4.45. The van der Waals surface area contributed by atoms with Crippen molar-refractivity contribution < 1.29 is 17.9 Å². The molecule has 2 heterocycles. The summed E-state index contributed by atoms with van der Waals surface area (Å²) in [6.45, 7) is 0.600. The maximum Gasteiger partial charge on any atom is 0.220 e. The number of amides is 1. The van der Waals surface area contributed by atoms with E-state index in [-0.39, 0.29) is 24.0 Å². The van der Waals surface area contributed by atoms with Crippen LogP contribution in [0.4, 0.5) is 0 Å². The molecule has 8 nitrogen and oxygen atoms in total. The number of rotatable bonds is 6. The smallest absolute Gasteiger partial charge is 0.220 e. The Morgan fingerprint density at radius 2 is 2.15 bits per heavy atom. The molecule has 2 fully saturated rings. The minimum atomic E-state index is -3.36. The van der Waals surface area contributed by atoms with E-state index < -0.39 is 16.1 Å². The van der Waals surface area contributed by atoms with E-state index in [9.17, 15) is 13.2 Å². The van der Waals surface area contributed by atoms with Crippen LogP contribution >= 0.6 is 0 Å². The molecule has 1 saturated carbocycles. The van der Waals surface area contributed by atoms with Crippen molar-refractivity contribution in [1.29, 1.82) is 0 Å². The first-order chi connectivity index (χ1) is 12.4. The van der Waals surface area contributed by atoms with Crippen molar-refractivity contribution in [3.05, 3.63) is 30.1 Å². The molecule has 140 valence electrons. The summed E-state index contributed by atoms with van der Waals surface area (Å²) in [4.78, 5) is 20.0. The number of fused-ring (bicyclic) bond motifs is 2. The van der Waals surface area contributed by atoms with Crippen molar-refractivity contribution in [3.63, 3.8) is 0 Å².